The van der Waals surface area contributed by atoms with E-state index in [9.17, 15) is 9.59 Å². The molecule has 0 heterocycles. The van der Waals surface area contributed by atoms with Crippen molar-refractivity contribution in [3.63, 3.8) is 0 Å². The van der Waals surface area contributed by atoms with E-state index in [-0.39, 0.29) is 11.6 Å². The van der Waals surface area contributed by atoms with E-state index in [0.29, 0.717) is 36.0 Å². The Hall–Kier alpha value is -1.70. The van der Waals surface area contributed by atoms with Crippen molar-refractivity contribution in [1.29, 1.82) is 0 Å². The van der Waals surface area contributed by atoms with Crippen molar-refractivity contribution < 1.29 is 9.59 Å². The summed E-state index contributed by atoms with van der Waals surface area (Å²) < 4.78 is 0. The quantitative estimate of drug-likeness (QED) is 0.527. The summed E-state index contributed by atoms with van der Waals surface area (Å²) in [5.41, 5.74) is 2.73. The van der Waals surface area contributed by atoms with Gasteiger partial charge < -0.3 is 0 Å². The molecule has 0 bridgehead atoms. The Morgan fingerprint density at radius 2 is 2.00 bits per heavy atom. The lowest BCUT2D eigenvalue weighted by Crippen LogP contribution is -2.19. The molecular weight excluding hydrogens is 224 g/mol. The lowest BCUT2D eigenvalue weighted by molar-refractivity contribution is -0.116. The lowest BCUT2D eigenvalue weighted by Gasteiger charge is -2.18. The molecule has 0 radical (unpaired) electrons. The van der Waals surface area contributed by atoms with Crippen LogP contribution in [0.3, 0.4) is 0 Å². The maximum absolute atomic E-state index is 12.3. The fraction of sp³-hybridized carbons (Fsp3) is 0.375. The van der Waals surface area contributed by atoms with Crippen molar-refractivity contribution in [2.45, 2.75) is 39.5 Å². The van der Waals surface area contributed by atoms with E-state index in [4.69, 9.17) is 0 Å². The molecule has 1 rings (SSSR count). The molecule has 0 aliphatic heterocycles. The first-order valence-corrected chi connectivity index (χ1v) is 6.28. The first-order valence-electron chi connectivity index (χ1n) is 6.28. The van der Waals surface area contributed by atoms with Gasteiger partial charge in [0.1, 0.15) is 0 Å². The highest BCUT2D eigenvalue weighted by atomic mass is 16.1. The maximum Gasteiger partial charge on any atom is 0.186 e. The fourth-order valence-corrected chi connectivity index (χ4v) is 2.13. The second-order valence-corrected chi connectivity index (χ2v) is 4.70. The van der Waals surface area contributed by atoms with Gasteiger partial charge in [0.05, 0.1) is 0 Å². The highest BCUT2D eigenvalue weighted by Gasteiger charge is 2.26. The van der Waals surface area contributed by atoms with Gasteiger partial charge in [0, 0.05) is 16.7 Å². The molecule has 96 valence electrons. The van der Waals surface area contributed by atoms with E-state index in [2.05, 4.69) is 13.2 Å². The highest BCUT2D eigenvalue weighted by molar-refractivity contribution is 6.22. The van der Waals surface area contributed by atoms with Crippen LogP contribution in [-0.2, 0) is 9.59 Å². The number of hydrogen-bond acceptors (Lipinski definition) is 2. The normalized spacial score (nSPS) is 15.8. The molecule has 0 N–H and O–H groups in total. The number of hydrogen-bond donors (Lipinski definition) is 0. The minimum absolute atomic E-state index is 0.0130. The number of rotatable bonds is 6. The smallest absolute Gasteiger partial charge is 0.186 e. The molecular formula is C16H20O2. The zero-order chi connectivity index (χ0) is 13.7. The predicted molar refractivity (Wildman–Crippen MR) is 74.3 cm³/mol. The minimum atomic E-state index is -0.0236. The van der Waals surface area contributed by atoms with Crippen LogP contribution in [0.15, 0.2) is 47.6 Å². The standard InChI is InChI=1S/C16H20O2/c1-5-7-13-14(8-6-2)16(18)12(9-11(3)4)10-15(13)17/h6,10H,2-3,5,7-9H2,1,4H3. The topological polar surface area (TPSA) is 34.1 Å². The second-order valence-electron chi connectivity index (χ2n) is 4.70. The monoisotopic (exact) mass is 244 g/mol. The van der Waals surface area contributed by atoms with Crippen molar-refractivity contribution in [2.24, 2.45) is 0 Å². The summed E-state index contributed by atoms with van der Waals surface area (Å²) in [7, 11) is 0. The lowest BCUT2D eigenvalue weighted by atomic mass is 9.84. The fourth-order valence-electron chi connectivity index (χ4n) is 2.13. The summed E-state index contributed by atoms with van der Waals surface area (Å²) in [6.45, 7) is 11.3. The molecule has 0 unspecified atom stereocenters. The third-order valence-corrected chi connectivity index (χ3v) is 2.87. The van der Waals surface area contributed by atoms with E-state index in [0.717, 1.165) is 12.0 Å². The molecule has 18 heavy (non-hydrogen) atoms. The average Bonchev–Trinajstić information content (AvgIpc) is 2.29. The van der Waals surface area contributed by atoms with Gasteiger partial charge in [-0.25, -0.2) is 0 Å². The molecule has 1 aliphatic rings. The maximum atomic E-state index is 12.3. The molecule has 0 spiro atoms. The zero-order valence-electron chi connectivity index (χ0n) is 11.2. The molecule has 0 aromatic rings. The molecule has 0 saturated carbocycles. The number of Topliss-reactive ketones (excluding diaryl/α,β-unsaturated/α-hetero) is 1. The van der Waals surface area contributed by atoms with Gasteiger partial charge in [-0.2, -0.15) is 0 Å². The molecule has 0 atom stereocenters. The van der Waals surface area contributed by atoms with Gasteiger partial charge in [0.2, 0.25) is 0 Å². The summed E-state index contributed by atoms with van der Waals surface area (Å²) in [6, 6.07) is 0. The number of carbonyl (C=O) groups excluding carboxylic acids is 2. The van der Waals surface area contributed by atoms with Gasteiger partial charge in [0.25, 0.3) is 0 Å². The largest absolute Gasteiger partial charge is 0.290 e. The average molecular weight is 244 g/mol. The summed E-state index contributed by atoms with van der Waals surface area (Å²) in [4.78, 5) is 24.4. The van der Waals surface area contributed by atoms with Crippen molar-refractivity contribution in [3.8, 4) is 0 Å². The summed E-state index contributed by atoms with van der Waals surface area (Å²) in [5, 5.41) is 0. The molecule has 0 aromatic carbocycles. The van der Waals surface area contributed by atoms with E-state index in [1.807, 2.05) is 13.8 Å². The Morgan fingerprint density at radius 3 is 2.50 bits per heavy atom. The molecule has 0 amide bonds. The first-order chi connectivity index (χ1) is 8.51. The van der Waals surface area contributed by atoms with Gasteiger partial charge in [-0.1, -0.05) is 31.6 Å². The van der Waals surface area contributed by atoms with Crippen molar-refractivity contribution in [3.05, 3.63) is 47.6 Å². The van der Waals surface area contributed by atoms with E-state index in [1.165, 1.54) is 6.08 Å². The molecule has 0 fully saturated rings. The number of allylic oxidation sites excluding steroid dienone is 6. The van der Waals surface area contributed by atoms with E-state index >= 15 is 0 Å². The highest BCUT2D eigenvalue weighted by Crippen LogP contribution is 2.28. The van der Waals surface area contributed by atoms with Crippen LogP contribution in [0.4, 0.5) is 0 Å². The van der Waals surface area contributed by atoms with E-state index < -0.39 is 0 Å². The number of ketones is 2. The SMILES string of the molecule is C=CCC1=C(CCC)C(=O)C=C(CC(=C)C)C1=O. The third-order valence-electron chi connectivity index (χ3n) is 2.87. The van der Waals surface area contributed by atoms with Crippen LogP contribution in [0.5, 0.6) is 0 Å². The van der Waals surface area contributed by atoms with Crippen molar-refractivity contribution in [2.75, 3.05) is 0 Å². The molecule has 0 saturated heterocycles. The third kappa shape index (κ3) is 3.16. The van der Waals surface area contributed by atoms with Crippen LogP contribution in [0.25, 0.3) is 0 Å². The van der Waals surface area contributed by atoms with Crippen LogP contribution < -0.4 is 0 Å². The van der Waals surface area contributed by atoms with Crippen LogP contribution in [-0.4, -0.2) is 11.6 Å². The second kappa shape index (κ2) is 6.29. The van der Waals surface area contributed by atoms with Gasteiger partial charge in [0.15, 0.2) is 11.6 Å². The summed E-state index contributed by atoms with van der Waals surface area (Å²) in [6.07, 6.45) is 5.62. The van der Waals surface area contributed by atoms with Crippen LogP contribution in [0, 0.1) is 0 Å². The van der Waals surface area contributed by atoms with Crippen LogP contribution in [0.2, 0.25) is 0 Å². The Labute approximate surface area is 109 Å². The minimum Gasteiger partial charge on any atom is -0.290 e. The summed E-state index contributed by atoms with van der Waals surface area (Å²) in [5.74, 6) is -0.0366. The Balaban J connectivity index is 3.13. The molecule has 2 nitrogen and oxygen atoms in total. The summed E-state index contributed by atoms with van der Waals surface area (Å²) >= 11 is 0. The van der Waals surface area contributed by atoms with Crippen LogP contribution >= 0.6 is 0 Å². The zero-order valence-corrected chi connectivity index (χ0v) is 11.2. The first kappa shape index (κ1) is 14.4. The van der Waals surface area contributed by atoms with E-state index in [1.54, 1.807) is 6.08 Å². The number of carbonyl (C=O) groups is 2. The van der Waals surface area contributed by atoms with Crippen molar-refractivity contribution in [1.82, 2.24) is 0 Å². The predicted octanol–water partition coefficient (Wildman–Crippen LogP) is 3.70. The molecule has 0 aromatic heterocycles. The molecule has 1 aliphatic carbocycles. The van der Waals surface area contributed by atoms with Crippen LogP contribution in [0.1, 0.15) is 39.5 Å². The molecule has 2 heteroatoms. The Kier molecular flexibility index (Phi) is 5.02. The Bertz CT molecular complexity index is 461. The van der Waals surface area contributed by atoms with Gasteiger partial charge in [-0.15, -0.1) is 6.58 Å². The van der Waals surface area contributed by atoms with Gasteiger partial charge >= 0.3 is 0 Å². The van der Waals surface area contributed by atoms with Gasteiger partial charge in [-0.3, -0.25) is 9.59 Å². The van der Waals surface area contributed by atoms with Gasteiger partial charge in [-0.05, 0) is 32.3 Å². The van der Waals surface area contributed by atoms with Crippen molar-refractivity contribution >= 4 is 11.6 Å². The Morgan fingerprint density at radius 1 is 1.33 bits per heavy atom.